The molecule has 0 saturated heterocycles. The average Bonchev–Trinajstić information content (AvgIpc) is 2.50. The number of carbonyl (C=O) groups is 3. The monoisotopic (exact) mass is 305 g/mol. The molecular formula is C16H23N3O3. The van der Waals surface area contributed by atoms with Crippen molar-refractivity contribution >= 4 is 17.7 Å². The number of rotatable bonds is 6. The summed E-state index contributed by atoms with van der Waals surface area (Å²) in [6, 6.07) is 8.18. The Morgan fingerprint density at radius 3 is 2.27 bits per heavy atom. The molecule has 0 aliphatic heterocycles. The highest BCUT2D eigenvalue weighted by atomic mass is 16.2. The van der Waals surface area contributed by atoms with Crippen LogP contribution in [-0.4, -0.2) is 48.8 Å². The molecule has 2 atom stereocenters. The number of carbonyl (C=O) groups excluding carboxylic acids is 3. The molecular weight excluding hydrogens is 282 g/mol. The average molecular weight is 305 g/mol. The fourth-order valence-electron chi connectivity index (χ4n) is 2.24. The smallest absolute Gasteiger partial charge is 0.245 e. The summed E-state index contributed by atoms with van der Waals surface area (Å²) in [5, 5.41) is 5.12. The highest BCUT2D eigenvalue weighted by molar-refractivity contribution is 5.91. The first-order valence-electron chi connectivity index (χ1n) is 7.16. The predicted octanol–water partition coefficient (Wildman–Crippen LogP) is 0.327. The summed E-state index contributed by atoms with van der Waals surface area (Å²) < 4.78 is 0. The highest BCUT2D eigenvalue weighted by Gasteiger charge is 2.29. The Balaban J connectivity index is 2.89. The Labute approximate surface area is 130 Å². The van der Waals surface area contributed by atoms with Crippen LogP contribution in [0.4, 0.5) is 0 Å². The zero-order valence-corrected chi connectivity index (χ0v) is 13.4. The van der Waals surface area contributed by atoms with E-state index in [0.29, 0.717) is 6.42 Å². The van der Waals surface area contributed by atoms with Crippen LogP contribution in [-0.2, 0) is 20.8 Å². The lowest BCUT2D eigenvalue weighted by atomic mass is 10.0. The lowest BCUT2D eigenvalue weighted by Crippen LogP contribution is -2.53. The number of nitrogens with zero attached hydrogens (tertiary/aromatic N) is 1. The van der Waals surface area contributed by atoms with Crippen LogP contribution in [0, 0.1) is 0 Å². The standard InChI is InChI=1S/C16H23N3O3/c1-11(18-12(2)20)16(22)19(4)14(15(21)17-3)10-13-8-6-5-7-9-13/h5-9,11,14H,10H2,1-4H3,(H,17,21)(H,18,20)/t11-,14-/m0/s1. The molecule has 3 amide bonds. The van der Waals surface area contributed by atoms with Gasteiger partial charge in [-0.2, -0.15) is 0 Å². The Morgan fingerprint density at radius 2 is 1.77 bits per heavy atom. The van der Waals surface area contributed by atoms with Gasteiger partial charge in [0.15, 0.2) is 0 Å². The van der Waals surface area contributed by atoms with Crippen LogP contribution in [0.1, 0.15) is 19.4 Å². The van der Waals surface area contributed by atoms with Crippen molar-refractivity contribution < 1.29 is 14.4 Å². The molecule has 0 saturated carbocycles. The SMILES string of the molecule is CNC(=O)[C@H](Cc1ccccc1)N(C)C(=O)[C@H](C)NC(C)=O. The highest BCUT2D eigenvalue weighted by Crippen LogP contribution is 2.09. The van der Waals surface area contributed by atoms with E-state index in [2.05, 4.69) is 10.6 Å². The van der Waals surface area contributed by atoms with E-state index in [1.165, 1.54) is 18.9 Å². The van der Waals surface area contributed by atoms with Crippen molar-refractivity contribution in [1.82, 2.24) is 15.5 Å². The van der Waals surface area contributed by atoms with E-state index < -0.39 is 12.1 Å². The van der Waals surface area contributed by atoms with Gasteiger partial charge in [0.25, 0.3) is 0 Å². The van der Waals surface area contributed by atoms with E-state index in [-0.39, 0.29) is 17.7 Å². The van der Waals surface area contributed by atoms with Gasteiger partial charge in [0, 0.05) is 27.4 Å². The second kappa shape index (κ2) is 8.17. The third-order valence-corrected chi connectivity index (χ3v) is 3.43. The minimum atomic E-state index is -0.676. The number of likely N-dealkylation sites (N-methyl/N-ethyl adjacent to an activating group) is 2. The summed E-state index contributed by atoms with van der Waals surface area (Å²) in [5.74, 6) is -0.830. The molecule has 0 aliphatic rings. The summed E-state index contributed by atoms with van der Waals surface area (Å²) in [4.78, 5) is 36.9. The van der Waals surface area contributed by atoms with Crippen molar-refractivity contribution in [3.05, 3.63) is 35.9 Å². The number of nitrogens with one attached hydrogen (secondary N) is 2. The van der Waals surface area contributed by atoms with Gasteiger partial charge >= 0.3 is 0 Å². The van der Waals surface area contributed by atoms with Gasteiger partial charge in [-0.3, -0.25) is 14.4 Å². The van der Waals surface area contributed by atoms with E-state index in [1.807, 2.05) is 30.3 Å². The zero-order valence-electron chi connectivity index (χ0n) is 13.4. The number of amides is 3. The van der Waals surface area contributed by atoms with E-state index in [0.717, 1.165) is 5.56 Å². The maximum absolute atomic E-state index is 12.4. The molecule has 0 fully saturated rings. The molecule has 0 unspecified atom stereocenters. The Hall–Kier alpha value is -2.37. The fourth-order valence-corrected chi connectivity index (χ4v) is 2.24. The first-order chi connectivity index (χ1) is 10.4. The van der Waals surface area contributed by atoms with Crippen molar-refractivity contribution in [3.63, 3.8) is 0 Å². The molecule has 2 N–H and O–H groups in total. The van der Waals surface area contributed by atoms with Crippen LogP contribution >= 0.6 is 0 Å². The van der Waals surface area contributed by atoms with Gasteiger partial charge < -0.3 is 15.5 Å². The Morgan fingerprint density at radius 1 is 1.18 bits per heavy atom. The maximum atomic E-state index is 12.4. The van der Waals surface area contributed by atoms with Crippen LogP contribution in [0.3, 0.4) is 0 Å². The van der Waals surface area contributed by atoms with Crippen LogP contribution in [0.5, 0.6) is 0 Å². The predicted molar refractivity (Wildman–Crippen MR) is 84.0 cm³/mol. The first-order valence-corrected chi connectivity index (χ1v) is 7.16. The Bertz CT molecular complexity index is 531. The van der Waals surface area contributed by atoms with Gasteiger partial charge in [0.1, 0.15) is 12.1 Å². The second-order valence-electron chi connectivity index (χ2n) is 5.19. The van der Waals surface area contributed by atoms with Crippen molar-refractivity contribution in [2.24, 2.45) is 0 Å². The van der Waals surface area contributed by atoms with Gasteiger partial charge in [-0.15, -0.1) is 0 Å². The molecule has 6 nitrogen and oxygen atoms in total. The number of hydrogen-bond donors (Lipinski definition) is 2. The number of benzene rings is 1. The van der Waals surface area contributed by atoms with Crippen LogP contribution in [0.15, 0.2) is 30.3 Å². The van der Waals surface area contributed by atoms with Gasteiger partial charge in [0.2, 0.25) is 17.7 Å². The second-order valence-corrected chi connectivity index (χ2v) is 5.19. The van der Waals surface area contributed by atoms with E-state index >= 15 is 0 Å². The van der Waals surface area contributed by atoms with Crippen molar-refractivity contribution in [2.75, 3.05) is 14.1 Å². The molecule has 120 valence electrons. The summed E-state index contributed by atoms with van der Waals surface area (Å²) >= 11 is 0. The van der Waals surface area contributed by atoms with Crippen molar-refractivity contribution in [2.45, 2.75) is 32.4 Å². The molecule has 0 bridgehead atoms. The first kappa shape index (κ1) is 17.7. The molecule has 1 rings (SSSR count). The summed E-state index contributed by atoms with van der Waals surface area (Å²) in [6.07, 6.45) is 0.412. The minimum absolute atomic E-state index is 0.241. The normalized spacial score (nSPS) is 12.9. The molecule has 0 radical (unpaired) electrons. The molecule has 1 aromatic carbocycles. The minimum Gasteiger partial charge on any atom is -0.357 e. The fraction of sp³-hybridized carbons (Fsp3) is 0.438. The molecule has 1 aromatic rings. The molecule has 0 aromatic heterocycles. The third kappa shape index (κ3) is 4.87. The van der Waals surface area contributed by atoms with E-state index in [4.69, 9.17) is 0 Å². The molecule has 22 heavy (non-hydrogen) atoms. The molecule has 0 aliphatic carbocycles. The molecule has 6 heteroatoms. The molecule has 0 spiro atoms. The summed E-state index contributed by atoms with van der Waals surface area (Å²) in [7, 11) is 3.11. The largest absolute Gasteiger partial charge is 0.357 e. The quantitative estimate of drug-likeness (QED) is 0.795. The molecule has 0 heterocycles. The van der Waals surface area contributed by atoms with Gasteiger partial charge in [-0.25, -0.2) is 0 Å². The van der Waals surface area contributed by atoms with Crippen LogP contribution in [0.2, 0.25) is 0 Å². The summed E-state index contributed by atoms with van der Waals surface area (Å²) in [5.41, 5.74) is 0.961. The lowest BCUT2D eigenvalue weighted by Gasteiger charge is -2.29. The van der Waals surface area contributed by atoms with Gasteiger partial charge in [-0.05, 0) is 12.5 Å². The maximum Gasteiger partial charge on any atom is 0.245 e. The van der Waals surface area contributed by atoms with Gasteiger partial charge in [0.05, 0.1) is 0 Å². The van der Waals surface area contributed by atoms with Crippen molar-refractivity contribution in [1.29, 1.82) is 0 Å². The Kier molecular flexibility index (Phi) is 6.56. The van der Waals surface area contributed by atoms with E-state index in [9.17, 15) is 14.4 Å². The number of hydrogen-bond acceptors (Lipinski definition) is 3. The van der Waals surface area contributed by atoms with Gasteiger partial charge in [-0.1, -0.05) is 30.3 Å². The topological polar surface area (TPSA) is 78.5 Å². The van der Waals surface area contributed by atoms with Crippen molar-refractivity contribution in [3.8, 4) is 0 Å². The third-order valence-electron chi connectivity index (χ3n) is 3.43. The lowest BCUT2D eigenvalue weighted by molar-refractivity contribution is -0.141. The van der Waals surface area contributed by atoms with Crippen LogP contribution < -0.4 is 10.6 Å². The van der Waals surface area contributed by atoms with Crippen LogP contribution in [0.25, 0.3) is 0 Å². The zero-order chi connectivity index (χ0) is 16.7. The summed E-state index contributed by atoms with van der Waals surface area (Å²) in [6.45, 7) is 2.95. The van der Waals surface area contributed by atoms with E-state index in [1.54, 1.807) is 14.0 Å².